The number of benzene rings is 3. The van der Waals surface area contributed by atoms with Crippen molar-refractivity contribution in [3.8, 4) is 17.0 Å². The Labute approximate surface area is 205 Å². The highest BCUT2D eigenvalue weighted by molar-refractivity contribution is 6.02. The number of amides is 1. The molecule has 2 saturated heterocycles. The van der Waals surface area contributed by atoms with Gasteiger partial charge in [0, 0.05) is 35.6 Å². The number of aromatic nitrogens is 2. The van der Waals surface area contributed by atoms with E-state index in [9.17, 15) is 4.79 Å². The van der Waals surface area contributed by atoms with Crippen LogP contribution >= 0.6 is 0 Å². The molecule has 0 saturated carbocycles. The van der Waals surface area contributed by atoms with Gasteiger partial charge in [0.1, 0.15) is 12.4 Å². The Morgan fingerprint density at radius 2 is 1.83 bits per heavy atom. The molecule has 6 heteroatoms. The number of nitrogens with one attached hydrogen (secondary N) is 1. The highest BCUT2D eigenvalue weighted by Gasteiger charge is 2.23. The third kappa shape index (κ3) is 4.27. The lowest BCUT2D eigenvalue weighted by atomic mass is 10.0. The summed E-state index contributed by atoms with van der Waals surface area (Å²) in [4.78, 5) is 17.4. The molecule has 6 rings (SSSR count). The van der Waals surface area contributed by atoms with Gasteiger partial charge in [0.2, 0.25) is 0 Å². The van der Waals surface area contributed by atoms with Crippen molar-refractivity contribution < 1.29 is 9.53 Å². The summed E-state index contributed by atoms with van der Waals surface area (Å²) in [5.74, 6) is 1.03. The van der Waals surface area contributed by atoms with Gasteiger partial charge < -0.3 is 9.64 Å². The number of rotatable bonds is 6. The van der Waals surface area contributed by atoms with Crippen LogP contribution in [0, 0.1) is 0 Å². The van der Waals surface area contributed by atoms with Crippen LogP contribution in [0.4, 0.5) is 0 Å². The molecule has 1 N–H and O–H groups in total. The molecule has 1 aromatic heterocycles. The highest BCUT2D eigenvalue weighted by atomic mass is 16.5. The van der Waals surface area contributed by atoms with Crippen molar-refractivity contribution in [3.05, 3.63) is 60.2 Å². The Hall–Kier alpha value is -3.38. The van der Waals surface area contributed by atoms with Crippen LogP contribution in [0.25, 0.3) is 32.9 Å². The summed E-state index contributed by atoms with van der Waals surface area (Å²) in [7, 11) is 0. The fourth-order valence-electron chi connectivity index (χ4n) is 5.62. The first-order valence-electron chi connectivity index (χ1n) is 12.9. The Morgan fingerprint density at radius 3 is 2.69 bits per heavy atom. The van der Waals surface area contributed by atoms with Gasteiger partial charge in [-0.2, -0.15) is 5.10 Å². The first-order chi connectivity index (χ1) is 17.2. The molecular formula is C29H32N4O2. The minimum atomic E-state index is 0.113. The summed E-state index contributed by atoms with van der Waals surface area (Å²) in [6.45, 7) is 6.94. The molecule has 35 heavy (non-hydrogen) atoms. The van der Waals surface area contributed by atoms with Crippen LogP contribution in [-0.4, -0.2) is 64.7 Å². The predicted molar refractivity (Wildman–Crippen MR) is 140 cm³/mol. The number of H-pyrrole nitrogens is 1. The normalized spacial score (nSPS) is 18.7. The van der Waals surface area contributed by atoms with E-state index in [1.54, 1.807) is 0 Å². The Bertz CT molecular complexity index is 1370. The minimum Gasteiger partial charge on any atom is -0.492 e. The molecule has 0 spiro atoms. The first-order valence-corrected chi connectivity index (χ1v) is 12.9. The van der Waals surface area contributed by atoms with Crippen LogP contribution in [0.15, 0.2) is 54.6 Å². The molecule has 2 aliphatic heterocycles. The molecule has 1 amide bonds. The largest absolute Gasteiger partial charge is 0.492 e. The van der Waals surface area contributed by atoms with Crippen molar-refractivity contribution >= 4 is 27.6 Å². The number of nitrogens with zero attached hydrogens (tertiary/aromatic N) is 3. The molecule has 3 heterocycles. The second-order valence-corrected chi connectivity index (χ2v) is 9.79. The number of carbonyl (C=O) groups is 1. The number of aromatic amines is 1. The van der Waals surface area contributed by atoms with Gasteiger partial charge in [0.05, 0.1) is 11.2 Å². The van der Waals surface area contributed by atoms with Gasteiger partial charge in [-0.3, -0.25) is 14.8 Å². The number of carbonyl (C=O) groups excluding carboxylic acids is 1. The SMILES string of the molecule is CCN1CCC[C@H]1COc1ccc2cc(-c3n[nH]c4ccc(C(=O)N5CCCC5)cc34)ccc2c1. The standard InChI is InChI=1S/C29H32N4O2/c1-2-32-15-5-6-24(32)19-35-25-11-9-20-16-22(8-7-21(20)17-25)28-26-18-23(10-12-27(26)30-31-28)29(34)33-13-3-4-14-33/h7-12,16-18,24H,2-6,13-15,19H2,1H3,(H,30,31)/t24-/m0/s1. The average Bonchev–Trinajstić information content (AvgIpc) is 3.67. The Kier molecular flexibility index (Phi) is 5.90. The summed E-state index contributed by atoms with van der Waals surface area (Å²) in [6, 6.07) is 19.1. The number of likely N-dealkylation sites (tertiary alicyclic amines) is 2. The van der Waals surface area contributed by atoms with Crippen LogP contribution in [-0.2, 0) is 0 Å². The second kappa shape index (κ2) is 9.34. The molecule has 0 aliphatic carbocycles. The zero-order valence-corrected chi connectivity index (χ0v) is 20.3. The average molecular weight is 469 g/mol. The molecule has 6 nitrogen and oxygen atoms in total. The summed E-state index contributed by atoms with van der Waals surface area (Å²) in [5.41, 5.74) is 3.58. The molecule has 1 atom stereocenters. The maximum atomic E-state index is 12.9. The van der Waals surface area contributed by atoms with E-state index in [1.807, 2.05) is 23.1 Å². The van der Waals surface area contributed by atoms with E-state index in [0.717, 1.165) is 83.3 Å². The van der Waals surface area contributed by atoms with Crippen molar-refractivity contribution in [3.63, 3.8) is 0 Å². The fraction of sp³-hybridized carbons (Fsp3) is 0.379. The highest BCUT2D eigenvalue weighted by Crippen LogP contribution is 2.31. The number of hydrogen-bond acceptors (Lipinski definition) is 4. The zero-order chi connectivity index (χ0) is 23.8. The number of fused-ring (bicyclic) bond motifs is 2. The Balaban J connectivity index is 1.25. The number of ether oxygens (including phenoxy) is 1. The van der Waals surface area contributed by atoms with Crippen LogP contribution in [0.1, 0.15) is 43.0 Å². The molecule has 0 radical (unpaired) electrons. The van der Waals surface area contributed by atoms with Crippen molar-refractivity contribution in [2.24, 2.45) is 0 Å². The lowest BCUT2D eigenvalue weighted by molar-refractivity contribution is 0.0793. The van der Waals surface area contributed by atoms with Crippen LogP contribution in [0.5, 0.6) is 5.75 Å². The van der Waals surface area contributed by atoms with Crippen molar-refractivity contribution in [2.75, 3.05) is 32.8 Å². The molecule has 4 aromatic rings. The van der Waals surface area contributed by atoms with Crippen molar-refractivity contribution in [1.82, 2.24) is 20.0 Å². The third-order valence-corrected chi connectivity index (χ3v) is 7.64. The van der Waals surface area contributed by atoms with Crippen molar-refractivity contribution in [1.29, 1.82) is 0 Å². The van der Waals surface area contributed by atoms with E-state index in [0.29, 0.717) is 6.04 Å². The first kappa shape index (κ1) is 22.1. The maximum Gasteiger partial charge on any atom is 0.253 e. The van der Waals surface area contributed by atoms with Crippen LogP contribution in [0.2, 0.25) is 0 Å². The van der Waals surface area contributed by atoms with E-state index >= 15 is 0 Å². The van der Waals surface area contributed by atoms with E-state index in [4.69, 9.17) is 4.74 Å². The van der Waals surface area contributed by atoms with Gasteiger partial charge >= 0.3 is 0 Å². The molecule has 0 bridgehead atoms. The lowest BCUT2D eigenvalue weighted by Gasteiger charge is -2.22. The third-order valence-electron chi connectivity index (χ3n) is 7.64. The molecule has 3 aromatic carbocycles. The van der Waals surface area contributed by atoms with Gasteiger partial charge in [0.25, 0.3) is 5.91 Å². The van der Waals surface area contributed by atoms with Gasteiger partial charge in [-0.25, -0.2) is 0 Å². The summed E-state index contributed by atoms with van der Waals surface area (Å²) < 4.78 is 6.17. The van der Waals surface area contributed by atoms with Gasteiger partial charge in [0.15, 0.2) is 0 Å². The van der Waals surface area contributed by atoms with E-state index in [-0.39, 0.29) is 5.91 Å². The van der Waals surface area contributed by atoms with Gasteiger partial charge in [-0.1, -0.05) is 25.1 Å². The van der Waals surface area contributed by atoms with E-state index < -0.39 is 0 Å². The topological polar surface area (TPSA) is 61.5 Å². The molecule has 180 valence electrons. The van der Waals surface area contributed by atoms with Gasteiger partial charge in [-0.05, 0) is 85.9 Å². The Morgan fingerprint density at radius 1 is 1.00 bits per heavy atom. The smallest absolute Gasteiger partial charge is 0.253 e. The molecule has 0 unspecified atom stereocenters. The summed E-state index contributed by atoms with van der Waals surface area (Å²) >= 11 is 0. The second-order valence-electron chi connectivity index (χ2n) is 9.79. The zero-order valence-electron chi connectivity index (χ0n) is 20.3. The minimum absolute atomic E-state index is 0.113. The summed E-state index contributed by atoms with van der Waals surface area (Å²) in [5, 5.41) is 11.0. The molecular weight excluding hydrogens is 436 g/mol. The number of likely N-dealkylation sites (N-methyl/N-ethyl adjacent to an activating group) is 1. The van der Waals surface area contributed by atoms with E-state index in [1.165, 1.54) is 19.4 Å². The fourth-order valence-corrected chi connectivity index (χ4v) is 5.62. The molecule has 2 fully saturated rings. The monoisotopic (exact) mass is 468 g/mol. The maximum absolute atomic E-state index is 12.9. The van der Waals surface area contributed by atoms with Crippen LogP contribution < -0.4 is 4.74 Å². The quantitative estimate of drug-likeness (QED) is 0.407. The number of hydrogen-bond donors (Lipinski definition) is 1. The van der Waals surface area contributed by atoms with Crippen LogP contribution in [0.3, 0.4) is 0 Å². The predicted octanol–water partition coefficient (Wildman–Crippen LogP) is 5.48. The summed E-state index contributed by atoms with van der Waals surface area (Å²) in [6.07, 6.45) is 4.66. The lowest BCUT2D eigenvalue weighted by Crippen LogP contribution is -2.33. The molecule has 2 aliphatic rings. The van der Waals surface area contributed by atoms with Gasteiger partial charge in [-0.15, -0.1) is 0 Å². The van der Waals surface area contributed by atoms with Crippen molar-refractivity contribution in [2.45, 2.75) is 38.6 Å². The van der Waals surface area contributed by atoms with E-state index in [2.05, 4.69) is 58.4 Å².